The van der Waals surface area contributed by atoms with E-state index in [4.69, 9.17) is 0 Å². The first-order valence-electron chi connectivity index (χ1n) is 6.07. The molecule has 0 amide bonds. The molecule has 2 aromatic rings. The van der Waals surface area contributed by atoms with Gasteiger partial charge in [-0.2, -0.15) is 0 Å². The van der Waals surface area contributed by atoms with Crippen LogP contribution in [0.1, 0.15) is 23.7 Å². The monoisotopic (exact) mass is 279 g/mol. The number of anilines is 1. The van der Waals surface area contributed by atoms with E-state index >= 15 is 0 Å². The number of H-pyrrole nitrogens is 1. The maximum absolute atomic E-state index is 11.6. The molecule has 6 heteroatoms. The Hall–Kier alpha value is -1.82. The Morgan fingerprint density at radius 1 is 1.37 bits per heavy atom. The van der Waals surface area contributed by atoms with Crippen molar-refractivity contribution in [1.82, 2.24) is 9.97 Å². The lowest BCUT2D eigenvalue weighted by atomic mass is 10.1. The standard InChI is InChI=1S/C13H17N3O2S/c1-3-19(17,18)16-13-7-11(5-4-10(13)2)6-12-8-14-9-15-12/h4-5,7-9,16H,3,6H2,1-2H3,(H,14,15). The van der Waals surface area contributed by atoms with E-state index in [0.29, 0.717) is 12.1 Å². The SMILES string of the molecule is CCS(=O)(=O)Nc1cc(Cc2cnc[nH]2)ccc1C. The van der Waals surface area contributed by atoms with Gasteiger partial charge in [-0.15, -0.1) is 0 Å². The molecular weight excluding hydrogens is 262 g/mol. The summed E-state index contributed by atoms with van der Waals surface area (Å²) < 4.78 is 25.8. The fourth-order valence-corrected chi connectivity index (χ4v) is 2.43. The van der Waals surface area contributed by atoms with Gasteiger partial charge in [0.05, 0.1) is 17.8 Å². The fourth-order valence-electron chi connectivity index (χ4n) is 1.73. The second kappa shape index (κ2) is 5.44. The van der Waals surface area contributed by atoms with Crippen LogP contribution in [-0.2, 0) is 16.4 Å². The van der Waals surface area contributed by atoms with Crippen molar-refractivity contribution in [2.24, 2.45) is 0 Å². The molecule has 1 aromatic heterocycles. The smallest absolute Gasteiger partial charge is 0.232 e. The Morgan fingerprint density at radius 2 is 2.16 bits per heavy atom. The van der Waals surface area contributed by atoms with Crippen LogP contribution in [0.2, 0.25) is 0 Å². The average molecular weight is 279 g/mol. The summed E-state index contributed by atoms with van der Waals surface area (Å²) in [6.07, 6.45) is 4.08. The van der Waals surface area contributed by atoms with Crippen molar-refractivity contribution in [3.05, 3.63) is 47.5 Å². The Balaban J connectivity index is 2.24. The van der Waals surface area contributed by atoms with Crippen LogP contribution in [0.4, 0.5) is 5.69 Å². The third kappa shape index (κ3) is 3.57. The minimum atomic E-state index is -3.24. The van der Waals surface area contributed by atoms with Crippen LogP contribution in [0.5, 0.6) is 0 Å². The molecule has 0 aliphatic heterocycles. The summed E-state index contributed by atoms with van der Waals surface area (Å²) in [5, 5.41) is 0. The van der Waals surface area contributed by atoms with E-state index in [1.165, 1.54) is 0 Å². The molecule has 0 fully saturated rings. The predicted octanol–water partition coefficient (Wildman–Crippen LogP) is 2.07. The third-order valence-corrected chi connectivity index (χ3v) is 4.19. The Morgan fingerprint density at radius 3 is 2.79 bits per heavy atom. The number of aromatic nitrogens is 2. The highest BCUT2D eigenvalue weighted by molar-refractivity contribution is 7.92. The van der Waals surface area contributed by atoms with Gasteiger partial charge < -0.3 is 4.98 Å². The first-order chi connectivity index (χ1) is 9.00. The van der Waals surface area contributed by atoms with Crippen LogP contribution in [0.15, 0.2) is 30.7 Å². The number of nitrogens with one attached hydrogen (secondary N) is 2. The summed E-state index contributed by atoms with van der Waals surface area (Å²) in [7, 11) is -3.24. The maximum atomic E-state index is 11.6. The minimum absolute atomic E-state index is 0.0667. The molecule has 0 bridgehead atoms. The minimum Gasteiger partial charge on any atom is -0.348 e. The van der Waals surface area contributed by atoms with Gasteiger partial charge in [-0.05, 0) is 31.0 Å². The van der Waals surface area contributed by atoms with Gasteiger partial charge in [0.2, 0.25) is 10.0 Å². The summed E-state index contributed by atoms with van der Waals surface area (Å²) in [5.41, 5.74) is 3.57. The lowest BCUT2D eigenvalue weighted by molar-refractivity contribution is 0.602. The van der Waals surface area contributed by atoms with Crippen molar-refractivity contribution in [3.8, 4) is 0 Å². The molecule has 19 heavy (non-hydrogen) atoms. The van der Waals surface area contributed by atoms with Gasteiger partial charge >= 0.3 is 0 Å². The number of sulfonamides is 1. The van der Waals surface area contributed by atoms with E-state index in [1.807, 2.05) is 25.1 Å². The van der Waals surface area contributed by atoms with Crippen LogP contribution in [-0.4, -0.2) is 24.1 Å². The Labute approximate surface area is 113 Å². The van der Waals surface area contributed by atoms with E-state index in [9.17, 15) is 8.42 Å². The normalized spacial score (nSPS) is 11.5. The highest BCUT2D eigenvalue weighted by Crippen LogP contribution is 2.20. The van der Waals surface area contributed by atoms with Gasteiger partial charge in [-0.25, -0.2) is 13.4 Å². The zero-order valence-corrected chi connectivity index (χ0v) is 11.8. The fraction of sp³-hybridized carbons (Fsp3) is 0.308. The summed E-state index contributed by atoms with van der Waals surface area (Å²) in [4.78, 5) is 6.99. The van der Waals surface area contributed by atoms with Crippen molar-refractivity contribution in [1.29, 1.82) is 0 Å². The average Bonchev–Trinajstić information content (AvgIpc) is 2.86. The second-order valence-corrected chi connectivity index (χ2v) is 6.42. The van der Waals surface area contributed by atoms with E-state index in [0.717, 1.165) is 16.8 Å². The number of benzene rings is 1. The highest BCUT2D eigenvalue weighted by Gasteiger charge is 2.09. The first-order valence-corrected chi connectivity index (χ1v) is 7.72. The zero-order chi connectivity index (χ0) is 13.9. The van der Waals surface area contributed by atoms with Crippen LogP contribution in [0.3, 0.4) is 0 Å². The first kappa shape index (κ1) is 13.6. The highest BCUT2D eigenvalue weighted by atomic mass is 32.2. The molecule has 0 aliphatic carbocycles. The molecule has 1 aromatic carbocycles. The number of hydrogen-bond donors (Lipinski definition) is 2. The molecule has 0 radical (unpaired) electrons. The molecule has 0 spiro atoms. The number of rotatable bonds is 5. The van der Waals surface area contributed by atoms with E-state index in [2.05, 4.69) is 14.7 Å². The number of imidazole rings is 1. The number of nitrogens with zero attached hydrogens (tertiary/aromatic N) is 1. The van der Waals surface area contributed by atoms with Crippen molar-refractivity contribution in [2.75, 3.05) is 10.5 Å². The van der Waals surface area contributed by atoms with Gasteiger partial charge in [0, 0.05) is 18.3 Å². The van der Waals surface area contributed by atoms with Gasteiger partial charge in [-0.1, -0.05) is 12.1 Å². The summed E-state index contributed by atoms with van der Waals surface area (Å²) in [6, 6.07) is 5.77. The molecule has 0 atom stereocenters. The van der Waals surface area contributed by atoms with E-state index in [1.54, 1.807) is 19.4 Å². The molecule has 102 valence electrons. The molecule has 2 N–H and O–H groups in total. The predicted molar refractivity (Wildman–Crippen MR) is 75.7 cm³/mol. The molecule has 5 nitrogen and oxygen atoms in total. The topological polar surface area (TPSA) is 74.8 Å². The van der Waals surface area contributed by atoms with Crippen molar-refractivity contribution < 1.29 is 8.42 Å². The van der Waals surface area contributed by atoms with Crippen LogP contribution >= 0.6 is 0 Å². The number of aryl methyl sites for hydroxylation is 1. The molecule has 1 heterocycles. The summed E-state index contributed by atoms with van der Waals surface area (Å²) in [6.45, 7) is 3.50. The van der Waals surface area contributed by atoms with E-state index < -0.39 is 10.0 Å². The van der Waals surface area contributed by atoms with Crippen molar-refractivity contribution in [2.45, 2.75) is 20.3 Å². The lowest BCUT2D eigenvalue weighted by Gasteiger charge is -2.11. The molecule has 0 aliphatic rings. The van der Waals surface area contributed by atoms with Crippen LogP contribution in [0.25, 0.3) is 0 Å². The molecule has 0 unspecified atom stereocenters. The zero-order valence-electron chi connectivity index (χ0n) is 11.0. The largest absolute Gasteiger partial charge is 0.348 e. The summed E-state index contributed by atoms with van der Waals surface area (Å²) >= 11 is 0. The molecule has 0 saturated heterocycles. The van der Waals surface area contributed by atoms with Crippen LogP contribution in [0, 0.1) is 6.92 Å². The van der Waals surface area contributed by atoms with Gasteiger partial charge in [-0.3, -0.25) is 4.72 Å². The Kier molecular flexibility index (Phi) is 3.90. The van der Waals surface area contributed by atoms with Gasteiger partial charge in [0.15, 0.2) is 0 Å². The van der Waals surface area contributed by atoms with Crippen molar-refractivity contribution in [3.63, 3.8) is 0 Å². The molecule has 2 rings (SSSR count). The quantitative estimate of drug-likeness (QED) is 0.879. The Bertz CT molecular complexity index is 649. The van der Waals surface area contributed by atoms with E-state index in [-0.39, 0.29) is 5.75 Å². The maximum Gasteiger partial charge on any atom is 0.232 e. The third-order valence-electron chi connectivity index (χ3n) is 2.90. The van der Waals surface area contributed by atoms with Crippen molar-refractivity contribution >= 4 is 15.7 Å². The molecular formula is C13H17N3O2S. The van der Waals surface area contributed by atoms with Crippen LogP contribution < -0.4 is 4.72 Å². The van der Waals surface area contributed by atoms with Gasteiger partial charge in [0.1, 0.15) is 0 Å². The number of hydrogen-bond acceptors (Lipinski definition) is 3. The summed E-state index contributed by atoms with van der Waals surface area (Å²) in [5.74, 6) is 0.0667. The lowest BCUT2D eigenvalue weighted by Crippen LogP contribution is -2.15. The van der Waals surface area contributed by atoms with Gasteiger partial charge in [0.25, 0.3) is 0 Å². The second-order valence-electron chi connectivity index (χ2n) is 4.41. The molecule has 0 saturated carbocycles. The number of aromatic amines is 1.